The van der Waals surface area contributed by atoms with E-state index >= 15 is 0 Å². The van der Waals surface area contributed by atoms with Gasteiger partial charge in [-0.15, -0.1) is 0 Å². The van der Waals surface area contributed by atoms with Crippen molar-refractivity contribution in [3.8, 4) is 0 Å². The maximum atomic E-state index is 12.0. The van der Waals surface area contributed by atoms with Crippen molar-refractivity contribution in [1.82, 2.24) is 0 Å². The van der Waals surface area contributed by atoms with Crippen LogP contribution in [0, 0.1) is 11.8 Å². The zero-order chi connectivity index (χ0) is 13.1. The molecule has 1 saturated heterocycles. The Morgan fingerprint density at radius 2 is 2.00 bits per heavy atom. The van der Waals surface area contributed by atoms with E-state index in [4.69, 9.17) is 9.47 Å². The average Bonchev–Trinajstić information content (AvgIpc) is 2.40. The van der Waals surface area contributed by atoms with Crippen molar-refractivity contribution in [2.75, 3.05) is 6.61 Å². The molecule has 0 amide bonds. The molecule has 2 rings (SSSR count). The predicted octanol–water partition coefficient (Wildman–Crippen LogP) is 3.24. The van der Waals surface area contributed by atoms with E-state index < -0.39 is 0 Å². The molecule has 98 valence electrons. The fourth-order valence-corrected chi connectivity index (χ4v) is 2.72. The molecule has 1 aliphatic heterocycles. The van der Waals surface area contributed by atoms with E-state index in [0.29, 0.717) is 18.1 Å². The minimum absolute atomic E-state index is 0.226. The van der Waals surface area contributed by atoms with E-state index in [1.54, 1.807) is 12.1 Å². The van der Waals surface area contributed by atoms with Crippen LogP contribution in [0.25, 0.3) is 0 Å². The van der Waals surface area contributed by atoms with Crippen molar-refractivity contribution >= 4 is 21.9 Å². The molecule has 0 N–H and O–H groups in total. The monoisotopic (exact) mass is 312 g/mol. The maximum absolute atomic E-state index is 12.0. The predicted molar refractivity (Wildman–Crippen MR) is 72.6 cm³/mol. The van der Waals surface area contributed by atoms with Gasteiger partial charge in [0.05, 0.1) is 12.2 Å². The zero-order valence-corrected chi connectivity index (χ0v) is 12.1. The van der Waals surface area contributed by atoms with Crippen LogP contribution < -0.4 is 0 Å². The average molecular weight is 313 g/mol. The SMILES string of the molecule is C[C@H]1CO[C@@H](Br)C(OC(=O)c2ccccc2)[C@@H]1C. The van der Waals surface area contributed by atoms with E-state index in [0.717, 1.165) is 0 Å². The van der Waals surface area contributed by atoms with Crippen molar-refractivity contribution < 1.29 is 14.3 Å². The number of alkyl halides is 1. The summed E-state index contributed by atoms with van der Waals surface area (Å²) in [5, 5.41) is -0.226. The lowest BCUT2D eigenvalue weighted by Crippen LogP contribution is -2.44. The molecular formula is C14H17BrO3. The summed E-state index contributed by atoms with van der Waals surface area (Å²) in [6, 6.07) is 9.03. The van der Waals surface area contributed by atoms with Gasteiger partial charge in [-0.3, -0.25) is 0 Å². The smallest absolute Gasteiger partial charge is 0.338 e. The van der Waals surface area contributed by atoms with Gasteiger partial charge in [0.1, 0.15) is 11.1 Å². The molecule has 0 aromatic heterocycles. The number of esters is 1. The molecule has 1 fully saturated rings. The van der Waals surface area contributed by atoms with Crippen LogP contribution in [-0.4, -0.2) is 23.7 Å². The molecule has 0 aliphatic carbocycles. The molecule has 0 radical (unpaired) electrons. The molecule has 4 heteroatoms. The first kappa shape index (κ1) is 13.6. The summed E-state index contributed by atoms with van der Waals surface area (Å²) in [6.07, 6.45) is -0.249. The van der Waals surface area contributed by atoms with Crippen LogP contribution in [0.2, 0.25) is 0 Å². The molecule has 1 unspecified atom stereocenters. The van der Waals surface area contributed by atoms with Gasteiger partial charge in [0.2, 0.25) is 0 Å². The van der Waals surface area contributed by atoms with Crippen LogP contribution >= 0.6 is 15.9 Å². The van der Waals surface area contributed by atoms with E-state index in [1.807, 2.05) is 18.2 Å². The van der Waals surface area contributed by atoms with E-state index in [-0.39, 0.29) is 23.0 Å². The number of rotatable bonds is 2. The summed E-state index contributed by atoms with van der Waals surface area (Å²) in [4.78, 5) is 12.0. The number of ether oxygens (including phenoxy) is 2. The van der Waals surface area contributed by atoms with Crippen molar-refractivity contribution in [2.45, 2.75) is 25.0 Å². The lowest BCUT2D eigenvalue weighted by Gasteiger charge is -2.37. The van der Waals surface area contributed by atoms with Gasteiger partial charge in [0, 0.05) is 5.92 Å². The molecule has 4 atom stereocenters. The van der Waals surface area contributed by atoms with Crippen LogP contribution in [0.15, 0.2) is 30.3 Å². The zero-order valence-electron chi connectivity index (χ0n) is 10.5. The molecule has 1 aliphatic rings. The van der Waals surface area contributed by atoms with Crippen LogP contribution in [0.4, 0.5) is 0 Å². The van der Waals surface area contributed by atoms with Crippen LogP contribution in [0.1, 0.15) is 24.2 Å². The Balaban J connectivity index is 2.06. The quantitative estimate of drug-likeness (QED) is 0.621. The van der Waals surface area contributed by atoms with Gasteiger partial charge in [0.25, 0.3) is 0 Å². The molecule has 1 aromatic rings. The Morgan fingerprint density at radius 3 is 2.67 bits per heavy atom. The second-order valence-electron chi connectivity index (χ2n) is 4.76. The van der Waals surface area contributed by atoms with Crippen molar-refractivity contribution in [3.63, 3.8) is 0 Å². The summed E-state index contributed by atoms with van der Waals surface area (Å²) < 4.78 is 11.1. The third kappa shape index (κ3) is 2.93. The first-order valence-corrected chi connectivity index (χ1v) is 7.03. The highest BCUT2D eigenvalue weighted by Crippen LogP contribution is 2.31. The van der Waals surface area contributed by atoms with E-state index in [1.165, 1.54) is 0 Å². The van der Waals surface area contributed by atoms with Gasteiger partial charge in [-0.05, 0) is 18.1 Å². The first-order chi connectivity index (χ1) is 8.59. The lowest BCUT2D eigenvalue weighted by atomic mass is 9.89. The third-order valence-corrected chi connectivity index (χ3v) is 4.23. The van der Waals surface area contributed by atoms with E-state index in [9.17, 15) is 4.79 Å². The molecule has 0 spiro atoms. The fourth-order valence-electron chi connectivity index (χ4n) is 1.98. The summed E-state index contributed by atoms with van der Waals surface area (Å²) in [5.41, 5.74) is 0.572. The molecule has 0 saturated carbocycles. The first-order valence-electron chi connectivity index (χ1n) is 6.11. The van der Waals surface area contributed by atoms with Gasteiger partial charge in [-0.2, -0.15) is 0 Å². The summed E-state index contributed by atoms with van der Waals surface area (Å²) in [5.74, 6) is 0.359. The van der Waals surface area contributed by atoms with Crippen LogP contribution in [0.3, 0.4) is 0 Å². The number of hydrogen-bond acceptors (Lipinski definition) is 3. The van der Waals surface area contributed by atoms with Gasteiger partial charge in [0.15, 0.2) is 0 Å². The molecule has 1 aromatic carbocycles. The number of hydrogen-bond donors (Lipinski definition) is 0. The molecule has 18 heavy (non-hydrogen) atoms. The Labute approximate surface area is 116 Å². The highest BCUT2D eigenvalue weighted by Gasteiger charge is 2.37. The third-order valence-electron chi connectivity index (χ3n) is 3.45. The minimum Gasteiger partial charge on any atom is -0.455 e. The minimum atomic E-state index is -0.297. The lowest BCUT2D eigenvalue weighted by molar-refractivity contribution is -0.0917. The van der Waals surface area contributed by atoms with Gasteiger partial charge in [-0.1, -0.05) is 48.0 Å². The van der Waals surface area contributed by atoms with Crippen molar-refractivity contribution in [2.24, 2.45) is 11.8 Å². The van der Waals surface area contributed by atoms with E-state index in [2.05, 4.69) is 29.8 Å². The number of carbonyl (C=O) groups excluding carboxylic acids is 1. The maximum Gasteiger partial charge on any atom is 0.338 e. The summed E-state index contributed by atoms with van der Waals surface area (Å²) >= 11 is 3.42. The Bertz CT molecular complexity index is 407. The molecular weight excluding hydrogens is 296 g/mol. The summed E-state index contributed by atoms with van der Waals surface area (Å²) in [6.45, 7) is 4.88. The topological polar surface area (TPSA) is 35.5 Å². The largest absolute Gasteiger partial charge is 0.455 e. The van der Waals surface area contributed by atoms with Gasteiger partial charge >= 0.3 is 5.97 Å². The van der Waals surface area contributed by atoms with Gasteiger partial charge < -0.3 is 9.47 Å². The second kappa shape index (κ2) is 5.85. The Kier molecular flexibility index (Phi) is 4.40. The highest BCUT2D eigenvalue weighted by molar-refractivity contribution is 9.09. The fraction of sp³-hybridized carbons (Fsp3) is 0.500. The molecule has 0 bridgehead atoms. The second-order valence-corrected chi connectivity index (χ2v) is 5.66. The normalized spacial score (nSPS) is 31.9. The number of carbonyl (C=O) groups is 1. The highest BCUT2D eigenvalue weighted by atomic mass is 79.9. The molecule has 1 heterocycles. The van der Waals surface area contributed by atoms with Crippen LogP contribution in [0.5, 0.6) is 0 Å². The number of benzene rings is 1. The van der Waals surface area contributed by atoms with Crippen molar-refractivity contribution in [3.05, 3.63) is 35.9 Å². The van der Waals surface area contributed by atoms with Crippen LogP contribution in [-0.2, 0) is 9.47 Å². The Morgan fingerprint density at radius 1 is 1.33 bits per heavy atom. The van der Waals surface area contributed by atoms with Gasteiger partial charge in [-0.25, -0.2) is 4.79 Å². The molecule has 3 nitrogen and oxygen atoms in total. The summed E-state index contributed by atoms with van der Waals surface area (Å²) in [7, 11) is 0. The Hall–Kier alpha value is -0.870. The standard InChI is InChI=1S/C14H17BrO3/c1-9-8-17-13(15)12(10(9)2)18-14(16)11-6-4-3-5-7-11/h3-7,9-10,12-13H,8H2,1-2H3/t9-,10+,12?,13+/m0/s1. The van der Waals surface area contributed by atoms with Crippen molar-refractivity contribution in [1.29, 1.82) is 0 Å². The number of halogens is 1.